The molecule has 1 heterocycles. The molecule has 1 rings (SSSR count). The number of pyridine rings is 1. The summed E-state index contributed by atoms with van der Waals surface area (Å²) in [5.41, 5.74) is 6.16. The average molecular weight is 179 g/mol. The molecule has 0 unspecified atom stereocenters. The summed E-state index contributed by atoms with van der Waals surface area (Å²) in [7, 11) is 1.79. The zero-order valence-electron chi connectivity index (χ0n) is 7.26. The van der Waals surface area contributed by atoms with Gasteiger partial charge in [-0.3, -0.25) is 0 Å². The fraction of sp³-hybridized carbons (Fsp3) is 0.222. The van der Waals surface area contributed by atoms with Crippen molar-refractivity contribution in [2.75, 3.05) is 19.3 Å². The van der Waals surface area contributed by atoms with Crippen LogP contribution < -0.4 is 11.1 Å². The van der Waals surface area contributed by atoms with Crippen LogP contribution in [0.15, 0.2) is 12.3 Å². The molecule has 0 aliphatic rings. The minimum absolute atomic E-state index is 0.267. The Bertz CT molecular complexity index is 352. The molecule has 68 valence electrons. The summed E-state index contributed by atoms with van der Waals surface area (Å²) in [6.07, 6.45) is 1.10. The number of anilines is 1. The van der Waals surface area contributed by atoms with E-state index >= 15 is 0 Å². The van der Waals surface area contributed by atoms with Gasteiger partial charge >= 0.3 is 0 Å². The Morgan fingerprint density at radius 2 is 2.46 bits per heavy atom. The van der Waals surface area contributed by atoms with Crippen molar-refractivity contribution in [1.29, 1.82) is 0 Å². The molecule has 0 saturated heterocycles. The van der Waals surface area contributed by atoms with Gasteiger partial charge in [0.05, 0.1) is 18.4 Å². The maximum atomic E-state index is 12.5. The highest BCUT2D eigenvalue weighted by molar-refractivity contribution is 5.51. The molecule has 1 aromatic heterocycles. The van der Waals surface area contributed by atoms with Gasteiger partial charge in [-0.15, -0.1) is 0 Å². The maximum Gasteiger partial charge on any atom is 0.143 e. The first-order valence-electron chi connectivity index (χ1n) is 3.78. The average Bonchev–Trinajstić information content (AvgIpc) is 2.09. The van der Waals surface area contributed by atoms with Gasteiger partial charge in [0.1, 0.15) is 11.5 Å². The number of rotatable bonds is 1. The fourth-order valence-electron chi connectivity index (χ4n) is 0.776. The number of nitrogen functional groups attached to an aromatic ring is 1. The van der Waals surface area contributed by atoms with Crippen LogP contribution in [-0.4, -0.2) is 18.6 Å². The number of nitrogens with two attached hydrogens (primary N) is 1. The van der Waals surface area contributed by atoms with Crippen molar-refractivity contribution in [3.63, 3.8) is 0 Å². The van der Waals surface area contributed by atoms with Crippen molar-refractivity contribution >= 4 is 5.69 Å². The first-order chi connectivity index (χ1) is 6.24. The van der Waals surface area contributed by atoms with Crippen LogP contribution in [0.5, 0.6) is 0 Å². The fourth-order valence-corrected chi connectivity index (χ4v) is 0.776. The number of halogens is 1. The Labute approximate surface area is 76.2 Å². The first-order valence-corrected chi connectivity index (χ1v) is 3.78. The minimum Gasteiger partial charge on any atom is -0.396 e. The monoisotopic (exact) mass is 179 g/mol. The molecular formula is C9H10FN3. The van der Waals surface area contributed by atoms with Crippen LogP contribution in [0.1, 0.15) is 5.69 Å². The van der Waals surface area contributed by atoms with Crippen LogP contribution in [0.3, 0.4) is 0 Å². The summed E-state index contributed by atoms with van der Waals surface area (Å²) in [5.74, 6) is 5.06. The third kappa shape index (κ3) is 2.73. The van der Waals surface area contributed by atoms with Gasteiger partial charge in [-0.1, -0.05) is 5.92 Å². The van der Waals surface area contributed by atoms with Crippen molar-refractivity contribution in [3.8, 4) is 11.8 Å². The van der Waals surface area contributed by atoms with Gasteiger partial charge in [0, 0.05) is 6.07 Å². The molecule has 0 bridgehead atoms. The first kappa shape index (κ1) is 9.49. The molecule has 0 radical (unpaired) electrons. The van der Waals surface area contributed by atoms with E-state index in [0.29, 0.717) is 12.2 Å². The lowest BCUT2D eigenvalue weighted by Gasteiger charge is -1.95. The third-order valence-corrected chi connectivity index (χ3v) is 1.36. The zero-order chi connectivity index (χ0) is 9.68. The molecule has 3 nitrogen and oxygen atoms in total. The summed E-state index contributed by atoms with van der Waals surface area (Å²) in [4.78, 5) is 3.75. The van der Waals surface area contributed by atoms with E-state index in [-0.39, 0.29) is 5.69 Å². The molecule has 3 N–H and O–H groups in total. The molecule has 0 aliphatic heterocycles. The van der Waals surface area contributed by atoms with E-state index in [1.807, 2.05) is 0 Å². The van der Waals surface area contributed by atoms with Gasteiger partial charge in [-0.25, -0.2) is 9.37 Å². The Morgan fingerprint density at radius 1 is 1.69 bits per heavy atom. The van der Waals surface area contributed by atoms with Crippen LogP contribution >= 0.6 is 0 Å². The highest BCUT2D eigenvalue weighted by Crippen LogP contribution is 2.07. The predicted octanol–water partition coefficient (Wildman–Crippen LogP) is 0.374. The second-order valence-corrected chi connectivity index (χ2v) is 2.42. The minimum atomic E-state index is -0.448. The second-order valence-electron chi connectivity index (χ2n) is 2.42. The van der Waals surface area contributed by atoms with E-state index < -0.39 is 5.82 Å². The van der Waals surface area contributed by atoms with Gasteiger partial charge < -0.3 is 11.1 Å². The van der Waals surface area contributed by atoms with Gasteiger partial charge in [0.2, 0.25) is 0 Å². The van der Waals surface area contributed by atoms with E-state index in [1.165, 1.54) is 6.07 Å². The Kier molecular flexibility index (Phi) is 3.23. The lowest BCUT2D eigenvalue weighted by atomic mass is 10.3. The molecule has 0 amide bonds. The summed E-state index contributed by atoms with van der Waals surface area (Å²) in [6.45, 7) is 0.554. The molecule has 0 spiro atoms. The third-order valence-electron chi connectivity index (χ3n) is 1.36. The Morgan fingerprint density at radius 3 is 3.08 bits per heavy atom. The SMILES string of the molecule is CNCC#Cc1ncc(F)cc1N. The Balaban J connectivity index is 2.85. The van der Waals surface area contributed by atoms with Crippen LogP contribution in [0.25, 0.3) is 0 Å². The van der Waals surface area contributed by atoms with Gasteiger partial charge in [0.15, 0.2) is 0 Å². The van der Waals surface area contributed by atoms with Crippen molar-refractivity contribution < 1.29 is 4.39 Å². The Hall–Kier alpha value is -1.60. The smallest absolute Gasteiger partial charge is 0.143 e. The molecule has 4 heteroatoms. The van der Waals surface area contributed by atoms with Crippen molar-refractivity contribution in [2.24, 2.45) is 0 Å². The van der Waals surface area contributed by atoms with Gasteiger partial charge in [-0.05, 0) is 13.0 Å². The number of nitrogens with zero attached hydrogens (tertiary/aromatic N) is 1. The van der Waals surface area contributed by atoms with E-state index in [9.17, 15) is 4.39 Å². The molecule has 0 atom stereocenters. The maximum absolute atomic E-state index is 12.5. The van der Waals surface area contributed by atoms with E-state index in [0.717, 1.165) is 6.20 Å². The number of hydrogen-bond acceptors (Lipinski definition) is 3. The summed E-state index contributed by atoms with van der Waals surface area (Å²) in [5, 5.41) is 2.85. The standard InChI is InChI=1S/C9H10FN3/c1-12-4-2-3-9-8(11)5-7(10)6-13-9/h5-6,12H,4,11H2,1H3. The van der Waals surface area contributed by atoms with E-state index in [2.05, 4.69) is 22.1 Å². The van der Waals surface area contributed by atoms with Gasteiger partial charge in [-0.2, -0.15) is 0 Å². The topological polar surface area (TPSA) is 50.9 Å². The highest BCUT2D eigenvalue weighted by atomic mass is 19.1. The molecule has 13 heavy (non-hydrogen) atoms. The van der Waals surface area contributed by atoms with Crippen molar-refractivity contribution in [2.45, 2.75) is 0 Å². The quantitative estimate of drug-likeness (QED) is 0.612. The largest absolute Gasteiger partial charge is 0.396 e. The lowest BCUT2D eigenvalue weighted by Crippen LogP contribution is -2.04. The normalized spacial score (nSPS) is 9.08. The predicted molar refractivity (Wildman–Crippen MR) is 49.4 cm³/mol. The van der Waals surface area contributed by atoms with Gasteiger partial charge in [0.25, 0.3) is 0 Å². The zero-order valence-corrected chi connectivity index (χ0v) is 7.26. The highest BCUT2D eigenvalue weighted by Gasteiger charge is 1.97. The lowest BCUT2D eigenvalue weighted by molar-refractivity contribution is 0.622. The van der Waals surface area contributed by atoms with Crippen LogP contribution in [0.2, 0.25) is 0 Å². The van der Waals surface area contributed by atoms with Crippen LogP contribution in [0.4, 0.5) is 10.1 Å². The number of hydrogen-bond donors (Lipinski definition) is 2. The summed E-state index contributed by atoms with van der Waals surface area (Å²) in [6, 6.07) is 1.20. The molecule has 1 aromatic rings. The van der Waals surface area contributed by atoms with Crippen molar-refractivity contribution in [3.05, 3.63) is 23.8 Å². The molecule has 0 aromatic carbocycles. The van der Waals surface area contributed by atoms with Crippen LogP contribution in [-0.2, 0) is 0 Å². The summed E-state index contributed by atoms with van der Waals surface area (Å²) < 4.78 is 12.5. The number of aromatic nitrogens is 1. The van der Waals surface area contributed by atoms with Crippen molar-refractivity contribution in [1.82, 2.24) is 10.3 Å². The van der Waals surface area contributed by atoms with E-state index in [1.54, 1.807) is 7.05 Å². The van der Waals surface area contributed by atoms with E-state index in [4.69, 9.17) is 5.73 Å². The number of nitrogens with one attached hydrogen (secondary N) is 1. The molecule has 0 saturated carbocycles. The molecule has 0 aliphatic carbocycles. The molecular weight excluding hydrogens is 169 g/mol. The second kappa shape index (κ2) is 4.43. The summed E-state index contributed by atoms with van der Waals surface area (Å²) >= 11 is 0. The molecule has 0 fully saturated rings. The van der Waals surface area contributed by atoms with Crippen LogP contribution in [0, 0.1) is 17.7 Å².